The van der Waals surface area contributed by atoms with Crippen LogP contribution in [-0.2, 0) is 0 Å². The van der Waals surface area contributed by atoms with E-state index in [4.69, 9.17) is 5.10 Å². The number of hydrogen-bond donors (Lipinski definition) is 1. The number of hydrogen-bond acceptors (Lipinski definition) is 1. The summed E-state index contributed by atoms with van der Waals surface area (Å²) in [6.07, 6.45) is 1.97. The molecular weight excluding hydrogens is 500 g/mol. The van der Waals surface area contributed by atoms with Gasteiger partial charge in [0.05, 0.1) is 34.0 Å². The molecule has 4 nitrogen and oxygen atoms in total. The molecule has 41 heavy (non-hydrogen) atoms. The minimum absolute atomic E-state index is 1.06. The minimum Gasteiger partial charge on any atom is -0.354 e. The smallest absolute Gasteiger partial charge is 0.0762 e. The Hall–Kier alpha value is -5.61. The Morgan fingerprint density at radius 1 is 0.463 bits per heavy atom. The molecule has 0 spiro atoms. The molecule has 9 aromatic rings. The summed E-state index contributed by atoms with van der Waals surface area (Å²) in [5.74, 6) is 0. The lowest BCUT2D eigenvalue weighted by Crippen LogP contribution is -1.94. The van der Waals surface area contributed by atoms with Crippen LogP contribution in [0.3, 0.4) is 0 Å². The van der Waals surface area contributed by atoms with Gasteiger partial charge in [-0.1, -0.05) is 78.9 Å². The summed E-state index contributed by atoms with van der Waals surface area (Å²) in [6, 6.07) is 47.6. The number of H-pyrrole nitrogens is 1. The first-order chi connectivity index (χ1) is 20.3. The van der Waals surface area contributed by atoms with Crippen LogP contribution in [0.1, 0.15) is 0 Å². The van der Waals surface area contributed by atoms with Crippen LogP contribution >= 0.6 is 0 Å². The SMILES string of the molecule is c1ccc(-n2ncc3c4[nH]c5ccc(-c6ccc7c8ccccc8n(-c8ccccc8)c7c6)cc5c4ccc32)cc1. The summed E-state index contributed by atoms with van der Waals surface area (Å²) in [6.45, 7) is 0. The number of rotatable bonds is 3. The standard InChI is InChI=1S/C37H24N4/c1-3-9-26(10-4-1)40-34-14-8-7-13-28(34)29-17-15-25(22-36(29)40)24-16-19-33-31(21-24)30-18-20-35-32(37(30)39-33)23-38-41(35)27-11-5-2-6-12-27/h1-23,39H. The number of nitrogens with one attached hydrogen (secondary N) is 1. The van der Waals surface area contributed by atoms with Crippen LogP contribution < -0.4 is 0 Å². The Morgan fingerprint density at radius 2 is 1.15 bits per heavy atom. The Morgan fingerprint density at radius 3 is 2.00 bits per heavy atom. The van der Waals surface area contributed by atoms with E-state index in [0.717, 1.165) is 27.6 Å². The highest BCUT2D eigenvalue weighted by Crippen LogP contribution is 2.37. The zero-order chi connectivity index (χ0) is 26.9. The van der Waals surface area contributed by atoms with Gasteiger partial charge < -0.3 is 9.55 Å². The van der Waals surface area contributed by atoms with Crippen molar-refractivity contribution in [3.8, 4) is 22.5 Å². The van der Waals surface area contributed by atoms with E-state index in [1.807, 2.05) is 29.1 Å². The maximum Gasteiger partial charge on any atom is 0.0762 e. The number of aromatic nitrogens is 4. The predicted molar refractivity (Wildman–Crippen MR) is 170 cm³/mol. The highest BCUT2D eigenvalue weighted by Gasteiger charge is 2.15. The lowest BCUT2D eigenvalue weighted by atomic mass is 10.0. The second-order valence-corrected chi connectivity index (χ2v) is 10.6. The van der Waals surface area contributed by atoms with Crippen LogP contribution in [0.15, 0.2) is 140 Å². The highest BCUT2D eigenvalue weighted by atomic mass is 15.3. The van der Waals surface area contributed by atoms with Gasteiger partial charge in [0.15, 0.2) is 0 Å². The topological polar surface area (TPSA) is 38.5 Å². The summed E-state index contributed by atoms with van der Waals surface area (Å²) in [5, 5.41) is 10.8. The number of nitrogens with zero attached hydrogens (tertiary/aromatic N) is 3. The zero-order valence-electron chi connectivity index (χ0n) is 22.1. The molecular formula is C37H24N4. The normalized spacial score (nSPS) is 11.9. The average Bonchev–Trinajstić information content (AvgIpc) is 3.73. The minimum atomic E-state index is 1.06. The molecule has 0 bridgehead atoms. The molecule has 0 aliphatic heterocycles. The third-order valence-electron chi connectivity index (χ3n) is 8.34. The monoisotopic (exact) mass is 524 g/mol. The predicted octanol–water partition coefficient (Wildman–Crippen LogP) is 9.42. The molecule has 3 heterocycles. The maximum atomic E-state index is 4.73. The number of aromatic amines is 1. The molecule has 0 fully saturated rings. The van der Waals surface area contributed by atoms with Crippen LogP contribution in [0.5, 0.6) is 0 Å². The fourth-order valence-electron chi connectivity index (χ4n) is 6.43. The second kappa shape index (κ2) is 8.44. The molecule has 0 atom stereocenters. The summed E-state index contributed by atoms with van der Waals surface area (Å²) in [5.41, 5.74) is 10.4. The molecule has 3 aromatic heterocycles. The number of benzene rings is 6. The molecule has 0 saturated heterocycles. The van der Waals surface area contributed by atoms with E-state index in [1.165, 1.54) is 49.4 Å². The highest BCUT2D eigenvalue weighted by molar-refractivity contribution is 6.17. The molecule has 9 rings (SSSR count). The van der Waals surface area contributed by atoms with E-state index < -0.39 is 0 Å². The van der Waals surface area contributed by atoms with Crippen LogP contribution in [0.2, 0.25) is 0 Å². The van der Waals surface area contributed by atoms with Gasteiger partial charge in [-0.3, -0.25) is 0 Å². The van der Waals surface area contributed by atoms with Crippen molar-refractivity contribution in [1.82, 2.24) is 19.3 Å². The second-order valence-electron chi connectivity index (χ2n) is 10.6. The molecule has 4 heteroatoms. The summed E-state index contributed by atoms with van der Waals surface area (Å²) < 4.78 is 4.38. The quantitative estimate of drug-likeness (QED) is 0.246. The summed E-state index contributed by atoms with van der Waals surface area (Å²) >= 11 is 0. The van der Waals surface area contributed by atoms with E-state index in [1.54, 1.807) is 0 Å². The van der Waals surface area contributed by atoms with Crippen molar-refractivity contribution in [2.45, 2.75) is 0 Å². The largest absolute Gasteiger partial charge is 0.354 e. The molecule has 0 saturated carbocycles. The Balaban J connectivity index is 1.23. The third kappa shape index (κ3) is 3.25. The molecule has 1 N–H and O–H groups in total. The van der Waals surface area contributed by atoms with Gasteiger partial charge in [-0.15, -0.1) is 0 Å². The summed E-state index contributed by atoms with van der Waals surface area (Å²) in [4.78, 5) is 3.68. The molecule has 192 valence electrons. The lowest BCUT2D eigenvalue weighted by molar-refractivity contribution is 0.911. The van der Waals surface area contributed by atoms with Crippen LogP contribution in [0.25, 0.3) is 77.0 Å². The Bertz CT molecular complexity index is 2410. The maximum absolute atomic E-state index is 4.73. The van der Waals surface area contributed by atoms with Crippen molar-refractivity contribution in [3.63, 3.8) is 0 Å². The van der Waals surface area contributed by atoms with Crippen LogP contribution in [-0.4, -0.2) is 19.3 Å². The molecule has 0 radical (unpaired) electrons. The number of para-hydroxylation sites is 3. The van der Waals surface area contributed by atoms with Crippen molar-refractivity contribution in [2.24, 2.45) is 0 Å². The van der Waals surface area contributed by atoms with Gasteiger partial charge in [-0.05, 0) is 65.7 Å². The van der Waals surface area contributed by atoms with Crippen LogP contribution in [0.4, 0.5) is 0 Å². The van der Waals surface area contributed by atoms with Gasteiger partial charge >= 0.3 is 0 Å². The molecule has 6 aromatic carbocycles. The van der Waals surface area contributed by atoms with Crippen molar-refractivity contribution < 1.29 is 0 Å². The van der Waals surface area contributed by atoms with Crippen LogP contribution in [0, 0.1) is 0 Å². The van der Waals surface area contributed by atoms with Crippen molar-refractivity contribution in [3.05, 3.63) is 140 Å². The van der Waals surface area contributed by atoms with Gasteiger partial charge in [-0.25, -0.2) is 4.68 Å². The molecule has 0 aliphatic rings. The van der Waals surface area contributed by atoms with E-state index in [2.05, 4.69) is 125 Å². The first-order valence-corrected chi connectivity index (χ1v) is 13.9. The molecule has 0 unspecified atom stereocenters. The summed E-state index contributed by atoms with van der Waals surface area (Å²) in [7, 11) is 0. The van der Waals surface area contributed by atoms with Crippen molar-refractivity contribution in [2.75, 3.05) is 0 Å². The van der Waals surface area contributed by atoms with Gasteiger partial charge in [0.25, 0.3) is 0 Å². The van der Waals surface area contributed by atoms with E-state index >= 15 is 0 Å². The fourth-order valence-corrected chi connectivity index (χ4v) is 6.43. The van der Waals surface area contributed by atoms with Gasteiger partial charge in [0.1, 0.15) is 0 Å². The van der Waals surface area contributed by atoms with Gasteiger partial charge in [0, 0.05) is 38.1 Å². The van der Waals surface area contributed by atoms with Gasteiger partial charge in [0.2, 0.25) is 0 Å². The Labute approximate surface area is 235 Å². The molecule has 0 aliphatic carbocycles. The van der Waals surface area contributed by atoms with Crippen molar-refractivity contribution >= 4 is 54.5 Å². The first kappa shape index (κ1) is 22.2. The Kier molecular flexibility index (Phi) is 4.58. The molecule has 0 amide bonds. The van der Waals surface area contributed by atoms with Crippen molar-refractivity contribution in [1.29, 1.82) is 0 Å². The fraction of sp³-hybridized carbons (Fsp3) is 0. The third-order valence-corrected chi connectivity index (χ3v) is 8.34. The number of fused-ring (bicyclic) bond motifs is 8. The van der Waals surface area contributed by atoms with E-state index in [0.29, 0.717) is 0 Å². The lowest BCUT2D eigenvalue weighted by Gasteiger charge is -2.09. The van der Waals surface area contributed by atoms with E-state index in [-0.39, 0.29) is 0 Å². The first-order valence-electron chi connectivity index (χ1n) is 13.9. The average molecular weight is 525 g/mol. The zero-order valence-corrected chi connectivity index (χ0v) is 22.1. The van der Waals surface area contributed by atoms with Gasteiger partial charge in [-0.2, -0.15) is 5.10 Å². The van der Waals surface area contributed by atoms with E-state index in [9.17, 15) is 0 Å².